The molecule has 1 aliphatic heterocycles. The molecule has 110 valence electrons. The Morgan fingerprint density at radius 2 is 2.00 bits per heavy atom. The summed E-state index contributed by atoms with van der Waals surface area (Å²) in [4.78, 5) is 11.9. The number of carbonyl (C=O) groups excluding carboxylic acids is 1. The zero-order valence-corrected chi connectivity index (χ0v) is 11.8. The molecule has 1 saturated heterocycles. The minimum atomic E-state index is -0.744. The van der Waals surface area contributed by atoms with E-state index in [1.54, 1.807) is 0 Å². The third-order valence-corrected chi connectivity index (χ3v) is 3.92. The summed E-state index contributed by atoms with van der Waals surface area (Å²) in [6.45, 7) is 5.68. The van der Waals surface area contributed by atoms with Crippen molar-refractivity contribution in [1.82, 2.24) is 10.6 Å². The maximum absolute atomic E-state index is 13.1. The SMILES string of the molecule is CC1(C)CCCNC1CNC(=O)c1cc(F)cc(F)c1. The predicted molar refractivity (Wildman–Crippen MR) is 73.5 cm³/mol. The van der Waals surface area contributed by atoms with Crippen molar-refractivity contribution in [3.8, 4) is 0 Å². The number of piperidine rings is 1. The molecule has 1 heterocycles. The molecule has 1 amide bonds. The highest BCUT2D eigenvalue weighted by Gasteiger charge is 2.32. The van der Waals surface area contributed by atoms with Gasteiger partial charge < -0.3 is 10.6 Å². The zero-order valence-electron chi connectivity index (χ0n) is 11.8. The van der Waals surface area contributed by atoms with Crippen molar-refractivity contribution in [2.75, 3.05) is 13.1 Å². The molecule has 0 aromatic heterocycles. The fourth-order valence-electron chi connectivity index (χ4n) is 2.60. The van der Waals surface area contributed by atoms with E-state index in [1.165, 1.54) is 0 Å². The normalized spacial score (nSPS) is 21.5. The second-order valence-electron chi connectivity index (χ2n) is 5.97. The lowest BCUT2D eigenvalue weighted by atomic mass is 9.77. The highest BCUT2D eigenvalue weighted by molar-refractivity contribution is 5.94. The van der Waals surface area contributed by atoms with Gasteiger partial charge in [0.15, 0.2) is 0 Å². The molecule has 1 aliphatic rings. The van der Waals surface area contributed by atoms with Crippen molar-refractivity contribution in [2.24, 2.45) is 5.41 Å². The Balaban J connectivity index is 1.98. The van der Waals surface area contributed by atoms with Gasteiger partial charge in [-0.1, -0.05) is 13.8 Å². The average Bonchev–Trinajstić information content (AvgIpc) is 2.35. The van der Waals surface area contributed by atoms with Crippen molar-refractivity contribution in [2.45, 2.75) is 32.7 Å². The fourth-order valence-corrected chi connectivity index (χ4v) is 2.60. The van der Waals surface area contributed by atoms with Gasteiger partial charge in [0.25, 0.3) is 5.91 Å². The first-order chi connectivity index (χ1) is 9.38. The maximum atomic E-state index is 13.1. The van der Waals surface area contributed by atoms with E-state index >= 15 is 0 Å². The van der Waals surface area contributed by atoms with Crippen LogP contribution in [0.25, 0.3) is 0 Å². The van der Waals surface area contributed by atoms with Gasteiger partial charge in [-0.15, -0.1) is 0 Å². The smallest absolute Gasteiger partial charge is 0.251 e. The highest BCUT2D eigenvalue weighted by Crippen LogP contribution is 2.29. The Morgan fingerprint density at radius 1 is 1.35 bits per heavy atom. The van der Waals surface area contributed by atoms with Crippen LogP contribution in [-0.2, 0) is 0 Å². The van der Waals surface area contributed by atoms with E-state index in [0.717, 1.165) is 37.6 Å². The first-order valence-electron chi connectivity index (χ1n) is 6.86. The number of rotatable bonds is 3. The van der Waals surface area contributed by atoms with Gasteiger partial charge in [-0.25, -0.2) is 8.78 Å². The number of carbonyl (C=O) groups is 1. The molecule has 1 atom stereocenters. The van der Waals surface area contributed by atoms with Crippen LogP contribution in [-0.4, -0.2) is 25.0 Å². The summed E-state index contributed by atoms with van der Waals surface area (Å²) in [5, 5.41) is 6.12. The molecule has 1 aromatic rings. The lowest BCUT2D eigenvalue weighted by molar-refractivity contribution is 0.0928. The summed E-state index contributed by atoms with van der Waals surface area (Å²) in [6, 6.07) is 3.00. The number of nitrogens with one attached hydrogen (secondary N) is 2. The zero-order chi connectivity index (χ0) is 14.8. The first-order valence-corrected chi connectivity index (χ1v) is 6.86. The largest absolute Gasteiger partial charge is 0.350 e. The third-order valence-electron chi connectivity index (χ3n) is 3.92. The van der Waals surface area contributed by atoms with Crippen LogP contribution < -0.4 is 10.6 Å². The van der Waals surface area contributed by atoms with E-state index < -0.39 is 17.5 Å². The molecule has 0 spiro atoms. The molecule has 1 aromatic carbocycles. The summed E-state index contributed by atoms with van der Waals surface area (Å²) < 4.78 is 26.1. The first kappa shape index (κ1) is 14.9. The number of halogens is 2. The molecule has 0 radical (unpaired) electrons. The van der Waals surface area contributed by atoms with E-state index in [4.69, 9.17) is 0 Å². The minimum Gasteiger partial charge on any atom is -0.350 e. The van der Waals surface area contributed by atoms with E-state index in [9.17, 15) is 13.6 Å². The van der Waals surface area contributed by atoms with E-state index in [2.05, 4.69) is 24.5 Å². The molecular formula is C15H20F2N2O. The number of amides is 1. The van der Waals surface area contributed by atoms with Crippen LogP contribution in [0, 0.1) is 17.0 Å². The van der Waals surface area contributed by atoms with Gasteiger partial charge in [-0.05, 0) is 36.9 Å². The average molecular weight is 282 g/mol. The van der Waals surface area contributed by atoms with Crippen molar-refractivity contribution >= 4 is 5.91 Å². The molecule has 0 aliphatic carbocycles. The monoisotopic (exact) mass is 282 g/mol. The van der Waals surface area contributed by atoms with Crippen LogP contribution in [0.4, 0.5) is 8.78 Å². The van der Waals surface area contributed by atoms with Gasteiger partial charge in [0, 0.05) is 24.2 Å². The fraction of sp³-hybridized carbons (Fsp3) is 0.533. The van der Waals surface area contributed by atoms with Gasteiger partial charge in [-0.3, -0.25) is 4.79 Å². The molecule has 0 saturated carbocycles. The standard InChI is InChI=1S/C15H20F2N2O/c1-15(2)4-3-5-18-13(15)9-19-14(20)10-6-11(16)8-12(17)7-10/h6-8,13,18H,3-5,9H2,1-2H3,(H,19,20). The Kier molecular flexibility index (Phi) is 4.38. The lowest BCUT2D eigenvalue weighted by Gasteiger charge is -2.39. The van der Waals surface area contributed by atoms with Crippen LogP contribution in [0.3, 0.4) is 0 Å². The number of benzene rings is 1. The van der Waals surface area contributed by atoms with E-state index in [1.807, 2.05) is 0 Å². The van der Waals surface area contributed by atoms with Crippen LogP contribution in [0.5, 0.6) is 0 Å². The van der Waals surface area contributed by atoms with Gasteiger partial charge in [0.2, 0.25) is 0 Å². The van der Waals surface area contributed by atoms with Crippen LogP contribution in [0.15, 0.2) is 18.2 Å². The number of hydrogen-bond acceptors (Lipinski definition) is 2. The lowest BCUT2D eigenvalue weighted by Crippen LogP contribution is -2.52. The molecule has 1 fully saturated rings. The second-order valence-corrected chi connectivity index (χ2v) is 5.97. The minimum absolute atomic E-state index is 0.0103. The highest BCUT2D eigenvalue weighted by atomic mass is 19.1. The topological polar surface area (TPSA) is 41.1 Å². The molecule has 2 N–H and O–H groups in total. The van der Waals surface area contributed by atoms with Crippen LogP contribution in [0.1, 0.15) is 37.0 Å². The predicted octanol–water partition coefficient (Wildman–Crippen LogP) is 2.47. The van der Waals surface area contributed by atoms with Crippen molar-refractivity contribution in [1.29, 1.82) is 0 Å². The molecule has 1 unspecified atom stereocenters. The van der Waals surface area contributed by atoms with Gasteiger partial charge in [0.05, 0.1) is 0 Å². The summed E-state index contributed by atoms with van der Waals surface area (Å²) in [6.07, 6.45) is 2.21. The Bertz CT molecular complexity index is 482. The Morgan fingerprint density at radius 3 is 2.60 bits per heavy atom. The van der Waals surface area contributed by atoms with E-state index in [0.29, 0.717) is 6.54 Å². The summed E-state index contributed by atoms with van der Waals surface area (Å²) in [7, 11) is 0. The summed E-state index contributed by atoms with van der Waals surface area (Å²) in [5.41, 5.74) is 0.106. The molecule has 20 heavy (non-hydrogen) atoms. The maximum Gasteiger partial charge on any atom is 0.251 e. The molecule has 2 rings (SSSR count). The van der Waals surface area contributed by atoms with Crippen molar-refractivity contribution in [3.63, 3.8) is 0 Å². The molecular weight excluding hydrogens is 262 g/mol. The summed E-state index contributed by atoms with van der Waals surface area (Å²) >= 11 is 0. The van der Waals surface area contributed by atoms with Gasteiger partial charge >= 0.3 is 0 Å². The van der Waals surface area contributed by atoms with Crippen LogP contribution in [0.2, 0.25) is 0 Å². The van der Waals surface area contributed by atoms with Gasteiger partial charge in [0.1, 0.15) is 11.6 Å². The Hall–Kier alpha value is -1.49. The van der Waals surface area contributed by atoms with E-state index in [-0.39, 0.29) is 17.0 Å². The Labute approximate surface area is 117 Å². The van der Waals surface area contributed by atoms with Gasteiger partial charge in [-0.2, -0.15) is 0 Å². The van der Waals surface area contributed by atoms with Crippen LogP contribution >= 0.6 is 0 Å². The molecule has 0 bridgehead atoms. The number of hydrogen-bond donors (Lipinski definition) is 2. The van der Waals surface area contributed by atoms with Crippen molar-refractivity contribution in [3.05, 3.63) is 35.4 Å². The third kappa shape index (κ3) is 3.54. The second kappa shape index (κ2) is 5.87. The van der Waals surface area contributed by atoms with Crippen molar-refractivity contribution < 1.29 is 13.6 Å². The molecule has 5 heteroatoms. The quantitative estimate of drug-likeness (QED) is 0.894. The summed E-state index contributed by atoms with van der Waals surface area (Å²) in [5.74, 6) is -1.94. The molecule has 3 nitrogen and oxygen atoms in total.